The molecule has 2 nitrogen and oxygen atoms in total. The maximum Gasteiger partial charge on any atom is 0.133 e. The van der Waals surface area contributed by atoms with Gasteiger partial charge in [0.15, 0.2) is 0 Å². The van der Waals surface area contributed by atoms with E-state index in [9.17, 15) is 9.90 Å². The molecule has 22 heavy (non-hydrogen) atoms. The van der Waals surface area contributed by atoms with Crippen molar-refractivity contribution >= 4 is 5.78 Å². The van der Waals surface area contributed by atoms with Crippen LogP contribution >= 0.6 is 0 Å². The van der Waals surface area contributed by atoms with Crippen LogP contribution in [0.2, 0.25) is 0 Å². The van der Waals surface area contributed by atoms with Crippen molar-refractivity contribution in [1.82, 2.24) is 0 Å². The lowest BCUT2D eigenvalue weighted by Gasteiger charge is -2.61. The molecule has 0 bridgehead atoms. The molecule has 0 aromatic carbocycles. The SMILES string of the molecule is CCCC1CCCC2C1[C@H](O)[C@H](CC)[C@@H]1CC(=O)CC[C@]21C. The molecule has 0 aliphatic heterocycles. The van der Waals surface area contributed by atoms with E-state index >= 15 is 0 Å². The van der Waals surface area contributed by atoms with Crippen LogP contribution in [0.25, 0.3) is 0 Å². The van der Waals surface area contributed by atoms with Gasteiger partial charge in [-0.3, -0.25) is 4.79 Å². The van der Waals surface area contributed by atoms with E-state index in [0.29, 0.717) is 40.8 Å². The van der Waals surface area contributed by atoms with Gasteiger partial charge in [0.25, 0.3) is 0 Å². The van der Waals surface area contributed by atoms with Gasteiger partial charge in [0, 0.05) is 12.8 Å². The molecule has 0 radical (unpaired) electrons. The summed E-state index contributed by atoms with van der Waals surface area (Å²) >= 11 is 0. The molecule has 0 aromatic rings. The second kappa shape index (κ2) is 6.26. The van der Waals surface area contributed by atoms with Gasteiger partial charge in [-0.15, -0.1) is 0 Å². The Labute approximate surface area is 136 Å². The third-order valence-electron chi connectivity index (χ3n) is 7.66. The van der Waals surface area contributed by atoms with Crippen LogP contribution in [0.1, 0.15) is 78.6 Å². The van der Waals surface area contributed by atoms with Gasteiger partial charge in [0.1, 0.15) is 5.78 Å². The number of aliphatic hydroxyl groups excluding tert-OH is 1. The Morgan fingerprint density at radius 2 is 2.00 bits per heavy atom. The van der Waals surface area contributed by atoms with E-state index in [4.69, 9.17) is 0 Å². The minimum Gasteiger partial charge on any atom is -0.393 e. The lowest BCUT2D eigenvalue weighted by Crippen LogP contribution is -2.59. The largest absolute Gasteiger partial charge is 0.393 e. The van der Waals surface area contributed by atoms with Crippen molar-refractivity contribution in [2.24, 2.45) is 35.0 Å². The predicted molar refractivity (Wildman–Crippen MR) is 89.5 cm³/mol. The topological polar surface area (TPSA) is 37.3 Å². The van der Waals surface area contributed by atoms with Crippen LogP contribution in [0.4, 0.5) is 0 Å². The summed E-state index contributed by atoms with van der Waals surface area (Å²) in [5.41, 5.74) is 0.297. The van der Waals surface area contributed by atoms with E-state index in [2.05, 4.69) is 20.8 Å². The molecular weight excluding hydrogens is 272 g/mol. The minimum absolute atomic E-state index is 0.171. The van der Waals surface area contributed by atoms with E-state index in [1.54, 1.807) is 0 Å². The molecule has 0 saturated heterocycles. The number of ketones is 1. The zero-order chi connectivity index (χ0) is 15.9. The molecule has 7 atom stereocenters. The highest BCUT2D eigenvalue weighted by Gasteiger charge is 2.59. The minimum atomic E-state index is -0.171. The average molecular weight is 306 g/mol. The summed E-state index contributed by atoms with van der Waals surface area (Å²) in [7, 11) is 0. The van der Waals surface area contributed by atoms with Crippen LogP contribution in [-0.2, 0) is 4.79 Å². The molecule has 0 aromatic heterocycles. The van der Waals surface area contributed by atoms with Gasteiger partial charge in [-0.2, -0.15) is 0 Å². The molecule has 3 fully saturated rings. The maximum atomic E-state index is 12.1. The molecule has 3 rings (SSSR count). The first-order chi connectivity index (χ1) is 10.5. The lowest BCUT2D eigenvalue weighted by atomic mass is 9.44. The molecular formula is C20H34O2. The van der Waals surface area contributed by atoms with E-state index in [-0.39, 0.29) is 6.10 Å². The molecule has 3 unspecified atom stereocenters. The zero-order valence-electron chi connectivity index (χ0n) is 14.7. The van der Waals surface area contributed by atoms with Crippen LogP contribution in [0.3, 0.4) is 0 Å². The number of aliphatic hydroxyl groups is 1. The third kappa shape index (κ3) is 2.46. The normalized spacial score (nSPS) is 48.6. The molecule has 1 N–H and O–H groups in total. The number of carbonyl (C=O) groups is 1. The van der Waals surface area contributed by atoms with Crippen LogP contribution in [0.5, 0.6) is 0 Å². The second-order valence-electron chi connectivity index (χ2n) is 8.58. The van der Waals surface area contributed by atoms with Crippen molar-refractivity contribution in [3.05, 3.63) is 0 Å². The fourth-order valence-electron chi connectivity index (χ4n) is 6.63. The summed E-state index contributed by atoms with van der Waals surface area (Å²) in [5.74, 6) is 3.06. The summed E-state index contributed by atoms with van der Waals surface area (Å²) < 4.78 is 0. The standard InChI is InChI=1S/C20H34O2/c1-4-7-13-8-6-9-16-18(13)19(22)15(5-2)17-12-14(21)10-11-20(16,17)3/h13,15-19,22H,4-12H2,1-3H3/t13?,15-,16?,17+,18?,19-,20-/m1/s1. The number of hydrogen-bond donors (Lipinski definition) is 1. The van der Waals surface area contributed by atoms with Crippen LogP contribution in [-0.4, -0.2) is 17.0 Å². The van der Waals surface area contributed by atoms with Gasteiger partial charge in [-0.1, -0.05) is 52.9 Å². The highest BCUT2D eigenvalue weighted by Crippen LogP contribution is 2.62. The predicted octanol–water partition coefficient (Wildman–Crippen LogP) is 4.60. The number of rotatable bonds is 3. The molecule has 2 heteroatoms. The van der Waals surface area contributed by atoms with Crippen LogP contribution in [0.15, 0.2) is 0 Å². The smallest absolute Gasteiger partial charge is 0.133 e. The van der Waals surface area contributed by atoms with Gasteiger partial charge in [0.2, 0.25) is 0 Å². The Kier molecular flexibility index (Phi) is 4.69. The number of Topliss-reactive ketones (excluding diaryl/α,β-unsaturated/α-hetero) is 1. The summed E-state index contributed by atoms with van der Waals surface area (Å²) in [6.45, 7) is 6.95. The lowest BCUT2D eigenvalue weighted by molar-refractivity contribution is -0.176. The van der Waals surface area contributed by atoms with Gasteiger partial charge in [-0.25, -0.2) is 0 Å². The van der Waals surface area contributed by atoms with Gasteiger partial charge >= 0.3 is 0 Å². The van der Waals surface area contributed by atoms with Crippen molar-refractivity contribution in [1.29, 1.82) is 0 Å². The van der Waals surface area contributed by atoms with E-state index < -0.39 is 0 Å². The highest BCUT2D eigenvalue weighted by molar-refractivity contribution is 5.79. The van der Waals surface area contributed by atoms with Gasteiger partial charge in [0.05, 0.1) is 6.10 Å². The summed E-state index contributed by atoms with van der Waals surface area (Å²) in [6, 6.07) is 0. The van der Waals surface area contributed by atoms with E-state index in [1.807, 2.05) is 0 Å². The average Bonchev–Trinajstić information content (AvgIpc) is 2.51. The quantitative estimate of drug-likeness (QED) is 0.827. The van der Waals surface area contributed by atoms with Crippen molar-refractivity contribution in [3.63, 3.8) is 0 Å². The molecule has 0 amide bonds. The maximum absolute atomic E-state index is 12.1. The van der Waals surface area contributed by atoms with E-state index in [1.165, 1.54) is 32.1 Å². The molecule has 3 aliphatic carbocycles. The number of carbonyl (C=O) groups excluding carboxylic acids is 1. The Bertz CT molecular complexity index is 416. The van der Waals surface area contributed by atoms with Crippen molar-refractivity contribution in [3.8, 4) is 0 Å². The van der Waals surface area contributed by atoms with Crippen LogP contribution < -0.4 is 0 Å². The molecule has 0 spiro atoms. The second-order valence-corrected chi connectivity index (χ2v) is 8.58. The van der Waals surface area contributed by atoms with Crippen LogP contribution in [0, 0.1) is 35.0 Å². The highest BCUT2D eigenvalue weighted by atomic mass is 16.3. The molecule has 0 heterocycles. The molecule has 126 valence electrons. The summed E-state index contributed by atoms with van der Waals surface area (Å²) in [6.07, 6.45) is 9.85. The first-order valence-corrected chi connectivity index (χ1v) is 9.72. The van der Waals surface area contributed by atoms with Gasteiger partial charge < -0.3 is 5.11 Å². The first kappa shape index (κ1) is 16.5. The Hall–Kier alpha value is -0.370. The first-order valence-electron chi connectivity index (χ1n) is 9.72. The summed E-state index contributed by atoms with van der Waals surface area (Å²) in [4.78, 5) is 12.1. The molecule has 3 saturated carbocycles. The van der Waals surface area contributed by atoms with Crippen molar-refractivity contribution < 1.29 is 9.90 Å². The number of hydrogen-bond acceptors (Lipinski definition) is 2. The fourth-order valence-corrected chi connectivity index (χ4v) is 6.63. The zero-order valence-corrected chi connectivity index (χ0v) is 14.7. The van der Waals surface area contributed by atoms with E-state index in [0.717, 1.165) is 25.7 Å². The Morgan fingerprint density at radius 1 is 1.23 bits per heavy atom. The third-order valence-corrected chi connectivity index (χ3v) is 7.66. The van der Waals surface area contributed by atoms with Gasteiger partial charge in [-0.05, 0) is 47.8 Å². The van der Waals surface area contributed by atoms with Crippen molar-refractivity contribution in [2.75, 3.05) is 0 Å². The van der Waals surface area contributed by atoms with Crippen molar-refractivity contribution in [2.45, 2.75) is 84.7 Å². The Balaban J connectivity index is 1.96. The Morgan fingerprint density at radius 3 is 2.68 bits per heavy atom. The fraction of sp³-hybridized carbons (Fsp3) is 0.950. The number of fused-ring (bicyclic) bond motifs is 3. The monoisotopic (exact) mass is 306 g/mol. The summed E-state index contributed by atoms with van der Waals surface area (Å²) in [5, 5.41) is 11.2. The molecule has 3 aliphatic rings.